The van der Waals surface area contributed by atoms with Crippen LogP contribution < -0.4 is 4.74 Å². The molecule has 0 saturated heterocycles. The zero-order valence-corrected chi connectivity index (χ0v) is 13.2. The minimum Gasteiger partial charge on any atom is -0.497 e. The first-order valence-electron chi connectivity index (χ1n) is 6.83. The van der Waals surface area contributed by atoms with Crippen LogP contribution in [0.15, 0.2) is 45.6 Å². The second kappa shape index (κ2) is 6.70. The van der Waals surface area contributed by atoms with Crippen LogP contribution in [0.4, 0.5) is 0 Å². The van der Waals surface area contributed by atoms with Gasteiger partial charge in [-0.2, -0.15) is 0 Å². The van der Waals surface area contributed by atoms with Crippen molar-refractivity contribution in [2.75, 3.05) is 7.11 Å². The molecule has 0 aromatic carbocycles. The van der Waals surface area contributed by atoms with E-state index in [9.17, 15) is 0 Å². The lowest BCUT2D eigenvalue weighted by Gasteiger charge is -2.03. The third-order valence-electron chi connectivity index (χ3n) is 3.14. The number of aryl methyl sites for hydroxylation is 1. The summed E-state index contributed by atoms with van der Waals surface area (Å²) in [6.45, 7) is 1.92. The average Bonchev–Trinajstić information content (AvgIpc) is 3.18. The number of furan rings is 1. The first-order valence-corrected chi connectivity index (χ1v) is 7.98. The third kappa shape index (κ3) is 3.33. The lowest BCUT2D eigenvalue weighted by atomic mass is 10.3. The van der Waals surface area contributed by atoms with Crippen molar-refractivity contribution in [1.29, 1.82) is 0 Å². The summed E-state index contributed by atoms with van der Waals surface area (Å²) in [5, 5.41) is 0. The smallest absolute Gasteiger partial charge is 0.263 e. The van der Waals surface area contributed by atoms with Gasteiger partial charge in [-0.15, -0.1) is 11.8 Å². The molecule has 0 fully saturated rings. The molecule has 0 aliphatic carbocycles. The molecule has 114 valence electrons. The third-order valence-corrected chi connectivity index (χ3v) is 4.11. The highest BCUT2D eigenvalue weighted by Gasteiger charge is 2.13. The number of thioether (sulfide) groups is 1. The van der Waals surface area contributed by atoms with Gasteiger partial charge in [-0.3, -0.25) is 4.98 Å². The maximum Gasteiger partial charge on any atom is 0.263 e. The van der Waals surface area contributed by atoms with Gasteiger partial charge < -0.3 is 13.6 Å². The van der Waals surface area contributed by atoms with Crippen molar-refractivity contribution >= 4 is 11.8 Å². The van der Waals surface area contributed by atoms with E-state index >= 15 is 0 Å². The van der Waals surface area contributed by atoms with E-state index in [1.165, 1.54) is 0 Å². The molecule has 6 heteroatoms. The Kier molecular flexibility index (Phi) is 4.48. The molecule has 0 aliphatic heterocycles. The number of aromatic nitrogens is 2. The minimum atomic E-state index is 0.526. The van der Waals surface area contributed by atoms with Crippen LogP contribution in [-0.4, -0.2) is 17.1 Å². The fraction of sp³-hybridized carbons (Fsp3) is 0.250. The fourth-order valence-corrected chi connectivity index (χ4v) is 2.91. The van der Waals surface area contributed by atoms with E-state index in [4.69, 9.17) is 13.6 Å². The first-order chi connectivity index (χ1) is 10.8. The Balaban J connectivity index is 1.62. The molecule has 0 spiro atoms. The molecule has 3 aromatic heterocycles. The fourth-order valence-electron chi connectivity index (χ4n) is 1.98. The van der Waals surface area contributed by atoms with Crippen molar-refractivity contribution in [3.05, 3.63) is 53.9 Å². The Morgan fingerprint density at radius 2 is 2.18 bits per heavy atom. The lowest BCUT2D eigenvalue weighted by molar-refractivity contribution is 0.413. The Morgan fingerprint density at radius 3 is 2.95 bits per heavy atom. The van der Waals surface area contributed by atoms with Gasteiger partial charge in [0.2, 0.25) is 0 Å². The summed E-state index contributed by atoms with van der Waals surface area (Å²) in [7, 11) is 1.65. The quantitative estimate of drug-likeness (QED) is 0.683. The zero-order valence-electron chi connectivity index (χ0n) is 12.4. The van der Waals surface area contributed by atoms with E-state index in [1.54, 1.807) is 31.3 Å². The van der Waals surface area contributed by atoms with Crippen molar-refractivity contribution in [2.24, 2.45) is 0 Å². The van der Waals surface area contributed by atoms with Gasteiger partial charge in [-0.25, -0.2) is 4.98 Å². The second-order valence-electron chi connectivity index (χ2n) is 4.68. The van der Waals surface area contributed by atoms with Gasteiger partial charge in [0.05, 0.1) is 24.8 Å². The minimum absolute atomic E-state index is 0.526. The van der Waals surface area contributed by atoms with Gasteiger partial charge in [0.15, 0.2) is 5.76 Å². The predicted octanol–water partition coefficient (Wildman–Crippen LogP) is 4.08. The first kappa shape index (κ1) is 14.7. The standard InChI is InChI=1S/C16H16N2O3S/c1-11-14(18-16(21-11)15-4-3-7-20-15)10-22-9-12-8-13(19-2)5-6-17-12/h3-8H,9-10H2,1-2H3. The Hall–Kier alpha value is -2.21. The van der Waals surface area contributed by atoms with Gasteiger partial charge >= 0.3 is 0 Å². The van der Waals surface area contributed by atoms with E-state index in [-0.39, 0.29) is 0 Å². The highest BCUT2D eigenvalue weighted by Crippen LogP contribution is 2.25. The van der Waals surface area contributed by atoms with E-state index in [2.05, 4.69) is 9.97 Å². The summed E-state index contributed by atoms with van der Waals surface area (Å²) in [5.41, 5.74) is 1.91. The van der Waals surface area contributed by atoms with Crippen LogP contribution in [0.5, 0.6) is 5.75 Å². The summed E-state index contributed by atoms with van der Waals surface area (Å²) in [4.78, 5) is 8.82. The number of pyridine rings is 1. The molecule has 0 radical (unpaired) electrons. The van der Waals surface area contributed by atoms with Gasteiger partial charge in [0.25, 0.3) is 5.89 Å². The highest BCUT2D eigenvalue weighted by molar-refractivity contribution is 7.97. The molecule has 0 saturated carbocycles. The van der Waals surface area contributed by atoms with Crippen LogP contribution in [0.25, 0.3) is 11.7 Å². The molecular formula is C16H16N2O3S. The van der Waals surface area contributed by atoms with Crippen molar-refractivity contribution in [3.63, 3.8) is 0 Å². The summed E-state index contributed by atoms with van der Waals surface area (Å²) < 4.78 is 16.1. The van der Waals surface area contributed by atoms with E-state index in [1.807, 2.05) is 31.2 Å². The van der Waals surface area contributed by atoms with Crippen LogP contribution in [0.2, 0.25) is 0 Å². The van der Waals surface area contributed by atoms with Gasteiger partial charge in [-0.05, 0) is 25.1 Å². The van der Waals surface area contributed by atoms with Crippen molar-refractivity contribution < 1.29 is 13.6 Å². The number of oxazole rings is 1. The van der Waals surface area contributed by atoms with Crippen LogP contribution in [0, 0.1) is 6.92 Å². The van der Waals surface area contributed by atoms with E-state index < -0.39 is 0 Å². The number of nitrogens with zero attached hydrogens (tertiary/aromatic N) is 2. The summed E-state index contributed by atoms with van der Waals surface area (Å²) in [6, 6.07) is 7.43. The molecule has 0 N–H and O–H groups in total. The number of rotatable bonds is 6. The number of ether oxygens (including phenoxy) is 1. The molecule has 0 aliphatic rings. The maximum absolute atomic E-state index is 5.64. The lowest BCUT2D eigenvalue weighted by Crippen LogP contribution is -1.91. The van der Waals surface area contributed by atoms with Crippen LogP contribution in [0.1, 0.15) is 17.1 Å². The summed E-state index contributed by atoms with van der Waals surface area (Å²) in [5.74, 6) is 4.36. The van der Waals surface area contributed by atoms with E-state index in [0.29, 0.717) is 11.7 Å². The molecule has 0 atom stereocenters. The van der Waals surface area contributed by atoms with Crippen LogP contribution >= 0.6 is 11.8 Å². The molecular weight excluding hydrogens is 300 g/mol. The predicted molar refractivity (Wildman–Crippen MR) is 84.7 cm³/mol. The van der Waals surface area contributed by atoms with Gasteiger partial charge in [0.1, 0.15) is 11.5 Å². The summed E-state index contributed by atoms with van der Waals surface area (Å²) >= 11 is 1.73. The molecule has 0 bridgehead atoms. The molecule has 3 heterocycles. The van der Waals surface area contributed by atoms with Crippen molar-refractivity contribution in [2.45, 2.75) is 18.4 Å². The Morgan fingerprint density at radius 1 is 1.27 bits per heavy atom. The molecule has 3 aromatic rings. The highest BCUT2D eigenvalue weighted by atomic mass is 32.2. The maximum atomic E-state index is 5.64. The second-order valence-corrected chi connectivity index (χ2v) is 5.66. The number of methoxy groups -OCH3 is 1. The monoisotopic (exact) mass is 316 g/mol. The molecule has 22 heavy (non-hydrogen) atoms. The summed E-state index contributed by atoms with van der Waals surface area (Å²) in [6.07, 6.45) is 3.36. The zero-order chi connectivity index (χ0) is 15.4. The van der Waals surface area contributed by atoms with E-state index in [0.717, 1.165) is 34.4 Å². The molecule has 5 nitrogen and oxygen atoms in total. The molecule has 3 rings (SSSR count). The number of hydrogen-bond acceptors (Lipinski definition) is 6. The van der Waals surface area contributed by atoms with Crippen LogP contribution in [-0.2, 0) is 11.5 Å². The average molecular weight is 316 g/mol. The normalized spacial score (nSPS) is 10.8. The number of hydrogen-bond donors (Lipinski definition) is 0. The topological polar surface area (TPSA) is 61.3 Å². The molecule has 0 unspecified atom stereocenters. The van der Waals surface area contributed by atoms with Gasteiger partial charge in [0, 0.05) is 23.8 Å². The largest absolute Gasteiger partial charge is 0.497 e. The Labute approximate surface area is 132 Å². The Bertz CT molecular complexity index is 738. The molecule has 0 amide bonds. The SMILES string of the molecule is COc1ccnc(CSCc2nc(-c3ccco3)oc2C)c1. The van der Waals surface area contributed by atoms with Crippen molar-refractivity contribution in [1.82, 2.24) is 9.97 Å². The van der Waals surface area contributed by atoms with Gasteiger partial charge in [-0.1, -0.05) is 0 Å². The van der Waals surface area contributed by atoms with Crippen LogP contribution in [0.3, 0.4) is 0 Å². The van der Waals surface area contributed by atoms with Crippen molar-refractivity contribution in [3.8, 4) is 17.4 Å².